The number of halogens is 1. The molecule has 2 aromatic carbocycles. The highest BCUT2D eigenvalue weighted by Gasteiger charge is 2.36. The molecule has 36 heavy (non-hydrogen) atoms. The Morgan fingerprint density at radius 1 is 1.06 bits per heavy atom. The Morgan fingerprint density at radius 3 is 2.19 bits per heavy atom. The number of aliphatic carboxylic acids is 2. The maximum Gasteiger partial charge on any atom is 0.410 e. The quantitative estimate of drug-likeness (QED) is 0.372. The third-order valence-electron chi connectivity index (χ3n) is 5.85. The summed E-state index contributed by atoms with van der Waals surface area (Å²) in [5.41, 5.74) is 2.34. The topological polar surface area (TPSA) is 107 Å². The predicted octanol–water partition coefficient (Wildman–Crippen LogP) is 5.00. The lowest BCUT2D eigenvalue weighted by Crippen LogP contribution is -2.34. The van der Waals surface area contributed by atoms with E-state index in [1.807, 2.05) is 41.3 Å². The van der Waals surface area contributed by atoms with Crippen molar-refractivity contribution in [3.63, 3.8) is 0 Å². The summed E-state index contributed by atoms with van der Waals surface area (Å²) in [5, 5.41) is 15.6. The Hall–Kier alpha value is -3.17. The number of hydrogen-bond acceptors (Lipinski definition) is 5. The van der Waals surface area contributed by atoms with Crippen molar-refractivity contribution in [1.82, 2.24) is 9.80 Å². The fourth-order valence-corrected chi connectivity index (χ4v) is 4.42. The van der Waals surface area contributed by atoms with Gasteiger partial charge in [-0.1, -0.05) is 78.3 Å². The molecule has 0 aromatic heterocycles. The van der Waals surface area contributed by atoms with E-state index in [1.54, 1.807) is 0 Å². The average Bonchev–Trinajstić information content (AvgIpc) is 3.22. The second-order valence-corrected chi connectivity index (χ2v) is 9.06. The summed E-state index contributed by atoms with van der Waals surface area (Å²) in [6.07, 6.45) is 2.42. The van der Waals surface area contributed by atoms with Crippen LogP contribution in [0, 0.1) is 0 Å². The lowest BCUT2D eigenvalue weighted by Gasteiger charge is -2.29. The smallest absolute Gasteiger partial charge is 0.410 e. The van der Waals surface area contributed by atoms with Gasteiger partial charge in [-0.3, -0.25) is 4.90 Å². The number of hydrogen-bond donors (Lipinski definition) is 2. The van der Waals surface area contributed by atoms with Gasteiger partial charge in [0, 0.05) is 29.6 Å². The Balaban J connectivity index is 0.000000493. The van der Waals surface area contributed by atoms with Crippen molar-refractivity contribution < 1.29 is 29.3 Å². The molecule has 2 N–H and O–H groups in total. The molecule has 1 heterocycles. The van der Waals surface area contributed by atoms with E-state index in [0.29, 0.717) is 18.7 Å². The predicted molar refractivity (Wildman–Crippen MR) is 141 cm³/mol. The minimum Gasteiger partial charge on any atom is -0.478 e. The molecule has 0 bridgehead atoms. The summed E-state index contributed by atoms with van der Waals surface area (Å²) in [4.78, 5) is 36.2. The zero-order valence-corrected chi connectivity index (χ0v) is 22.1. The second-order valence-electron chi connectivity index (χ2n) is 8.21. The fourth-order valence-electron chi connectivity index (χ4n) is 3.98. The molecule has 0 spiro atoms. The van der Waals surface area contributed by atoms with E-state index in [2.05, 4.69) is 52.9 Å². The van der Waals surface area contributed by atoms with Gasteiger partial charge in [-0.05, 0) is 36.7 Å². The van der Waals surface area contributed by atoms with E-state index in [4.69, 9.17) is 14.9 Å². The van der Waals surface area contributed by atoms with Crippen LogP contribution >= 0.6 is 15.9 Å². The first-order valence-electron chi connectivity index (χ1n) is 11.9. The number of carboxylic acid groups (broad SMARTS) is 2. The van der Waals surface area contributed by atoms with Gasteiger partial charge in [0.05, 0.1) is 12.6 Å². The molecule has 1 aliphatic heterocycles. The maximum atomic E-state index is 12.7. The zero-order valence-electron chi connectivity index (χ0n) is 20.5. The number of nitrogens with zero attached hydrogens (tertiary/aromatic N) is 2. The number of cyclic esters (lactones) is 1. The molecular formula is C27H33BrN2O6. The second kappa shape index (κ2) is 15.1. The summed E-state index contributed by atoms with van der Waals surface area (Å²) in [7, 11) is 0. The van der Waals surface area contributed by atoms with E-state index in [-0.39, 0.29) is 18.2 Å². The van der Waals surface area contributed by atoms with Crippen LogP contribution in [-0.4, -0.2) is 70.3 Å². The number of carbonyl (C=O) groups is 3. The van der Waals surface area contributed by atoms with Crippen LogP contribution in [0.4, 0.5) is 4.79 Å². The van der Waals surface area contributed by atoms with Crippen LogP contribution in [0.1, 0.15) is 37.4 Å². The van der Waals surface area contributed by atoms with Crippen molar-refractivity contribution in [2.75, 3.05) is 26.2 Å². The first-order valence-corrected chi connectivity index (χ1v) is 12.7. The highest BCUT2D eigenvalue weighted by atomic mass is 79.9. The van der Waals surface area contributed by atoms with Crippen molar-refractivity contribution in [2.24, 2.45) is 0 Å². The molecule has 9 heteroatoms. The molecule has 2 atom stereocenters. The monoisotopic (exact) mass is 560 g/mol. The molecule has 3 rings (SSSR count). The van der Waals surface area contributed by atoms with E-state index < -0.39 is 11.9 Å². The lowest BCUT2D eigenvalue weighted by molar-refractivity contribution is -0.134. The third kappa shape index (κ3) is 9.47. The first kappa shape index (κ1) is 29.1. The minimum absolute atomic E-state index is 0.0403. The Labute approximate surface area is 220 Å². The minimum atomic E-state index is -1.26. The van der Waals surface area contributed by atoms with E-state index in [1.165, 1.54) is 11.1 Å². The number of carbonyl (C=O) groups excluding carboxylic acids is 1. The summed E-state index contributed by atoms with van der Waals surface area (Å²) in [5.74, 6) is -2.51. The number of amides is 1. The van der Waals surface area contributed by atoms with Crippen LogP contribution < -0.4 is 0 Å². The van der Waals surface area contributed by atoms with Gasteiger partial charge in [0.1, 0.15) is 6.10 Å². The van der Waals surface area contributed by atoms with Gasteiger partial charge in [-0.15, -0.1) is 0 Å². The van der Waals surface area contributed by atoms with Gasteiger partial charge in [0.25, 0.3) is 0 Å². The normalized spacial score (nSPS) is 15.9. The molecule has 1 amide bonds. The van der Waals surface area contributed by atoms with Crippen LogP contribution in [-0.2, 0) is 20.7 Å². The maximum absolute atomic E-state index is 12.7. The van der Waals surface area contributed by atoms with Crippen molar-refractivity contribution in [3.8, 4) is 0 Å². The Bertz CT molecular complexity index is 1010. The van der Waals surface area contributed by atoms with Crippen LogP contribution in [0.15, 0.2) is 71.2 Å². The SMILES string of the molecule is CCN(CC)CCC(c1ccccc1)N1CC(Cc2ccccc2Br)OC1=O.O=C(O)C=CC(=O)O. The van der Waals surface area contributed by atoms with Gasteiger partial charge < -0.3 is 19.8 Å². The number of benzene rings is 2. The molecule has 2 aromatic rings. The van der Waals surface area contributed by atoms with Crippen LogP contribution in [0.3, 0.4) is 0 Å². The highest BCUT2D eigenvalue weighted by Crippen LogP contribution is 2.31. The van der Waals surface area contributed by atoms with Gasteiger partial charge in [-0.25, -0.2) is 14.4 Å². The molecule has 194 valence electrons. The average molecular weight is 561 g/mol. The zero-order chi connectivity index (χ0) is 26.5. The number of ether oxygens (including phenoxy) is 1. The Morgan fingerprint density at radius 2 is 1.64 bits per heavy atom. The first-order chi connectivity index (χ1) is 17.2. The molecule has 8 nitrogen and oxygen atoms in total. The summed E-state index contributed by atoms with van der Waals surface area (Å²) in [6.45, 7) is 7.99. The summed E-state index contributed by atoms with van der Waals surface area (Å²) >= 11 is 3.60. The van der Waals surface area contributed by atoms with E-state index >= 15 is 0 Å². The Kier molecular flexibility index (Phi) is 12.2. The molecule has 1 aliphatic rings. The van der Waals surface area contributed by atoms with Crippen molar-refractivity contribution in [3.05, 3.63) is 82.3 Å². The molecule has 1 fully saturated rings. The van der Waals surface area contributed by atoms with Gasteiger partial charge in [-0.2, -0.15) is 0 Å². The molecule has 2 unspecified atom stereocenters. The summed E-state index contributed by atoms with van der Waals surface area (Å²) < 4.78 is 6.81. The molecular weight excluding hydrogens is 528 g/mol. The van der Waals surface area contributed by atoms with Gasteiger partial charge in [0.15, 0.2) is 0 Å². The fraction of sp³-hybridized carbons (Fsp3) is 0.370. The highest BCUT2D eigenvalue weighted by molar-refractivity contribution is 9.10. The molecule has 0 aliphatic carbocycles. The number of carboxylic acids is 2. The van der Waals surface area contributed by atoms with E-state index in [9.17, 15) is 14.4 Å². The van der Waals surface area contributed by atoms with Gasteiger partial charge in [0.2, 0.25) is 0 Å². The molecule has 1 saturated heterocycles. The third-order valence-corrected chi connectivity index (χ3v) is 6.62. The molecule has 0 saturated carbocycles. The van der Waals surface area contributed by atoms with Crippen LogP contribution in [0.25, 0.3) is 0 Å². The van der Waals surface area contributed by atoms with Crippen molar-refractivity contribution in [1.29, 1.82) is 0 Å². The lowest BCUT2D eigenvalue weighted by atomic mass is 10.0. The standard InChI is InChI=1S/C23H29BrN2O2.C4H4O4/c1-3-25(4-2)15-14-22(18-10-6-5-7-11-18)26-17-20(28-23(26)27)16-19-12-8-9-13-21(19)24;5-3(6)1-2-4(7)8/h5-13,20,22H,3-4,14-17H2,1-2H3;1-2H,(H,5,6)(H,7,8). The van der Waals surface area contributed by atoms with Crippen molar-refractivity contribution in [2.45, 2.75) is 38.8 Å². The van der Waals surface area contributed by atoms with Crippen molar-refractivity contribution >= 4 is 34.0 Å². The largest absolute Gasteiger partial charge is 0.478 e. The van der Waals surface area contributed by atoms with Crippen LogP contribution in [0.5, 0.6) is 0 Å². The molecule has 0 radical (unpaired) electrons. The summed E-state index contributed by atoms with van der Waals surface area (Å²) in [6, 6.07) is 18.5. The number of rotatable bonds is 11. The van der Waals surface area contributed by atoms with E-state index in [0.717, 1.165) is 36.9 Å². The van der Waals surface area contributed by atoms with Crippen LogP contribution in [0.2, 0.25) is 0 Å². The van der Waals surface area contributed by atoms with Gasteiger partial charge >= 0.3 is 18.0 Å².